The largest absolute Gasteiger partial charge is 0.462 e. The van der Waals surface area contributed by atoms with E-state index in [2.05, 4.69) is 68.6 Å². The van der Waals surface area contributed by atoms with Gasteiger partial charge in [-0.2, -0.15) is 0 Å². The highest BCUT2D eigenvalue weighted by Crippen LogP contribution is 2.38. The lowest BCUT2D eigenvalue weighted by molar-refractivity contribution is -0.145. The summed E-state index contributed by atoms with van der Waals surface area (Å²) in [6.07, 6.45) is 13.6. The van der Waals surface area contributed by atoms with Crippen molar-refractivity contribution in [3.8, 4) is 0 Å². The monoisotopic (exact) mass is 616 g/mol. The van der Waals surface area contributed by atoms with Gasteiger partial charge in [0.1, 0.15) is 0 Å². The maximum absolute atomic E-state index is 12.4. The number of aryl methyl sites for hydroxylation is 3. The quantitative estimate of drug-likeness (QED) is 0.103. The van der Waals surface area contributed by atoms with Crippen molar-refractivity contribution in [2.75, 3.05) is 13.2 Å². The fourth-order valence-electron chi connectivity index (χ4n) is 6.01. The van der Waals surface area contributed by atoms with Crippen LogP contribution in [-0.4, -0.2) is 35.9 Å². The molecule has 45 heavy (non-hydrogen) atoms. The molecule has 3 rings (SSSR count). The van der Waals surface area contributed by atoms with Gasteiger partial charge in [-0.3, -0.25) is 0 Å². The van der Waals surface area contributed by atoms with Crippen LogP contribution in [0.3, 0.4) is 0 Å². The molecule has 5 heteroatoms. The van der Waals surface area contributed by atoms with Crippen LogP contribution < -0.4 is 0 Å². The van der Waals surface area contributed by atoms with Crippen molar-refractivity contribution in [3.05, 3.63) is 95.1 Å². The van der Waals surface area contributed by atoms with E-state index in [1.807, 2.05) is 0 Å². The van der Waals surface area contributed by atoms with Gasteiger partial charge in [0.2, 0.25) is 0 Å². The van der Waals surface area contributed by atoms with Gasteiger partial charge in [0, 0.05) is 11.5 Å². The minimum Gasteiger partial charge on any atom is -0.462 e. The maximum Gasteiger partial charge on any atom is 0.336 e. The number of carbonyl (C=O) groups is 2. The summed E-state index contributed by atoms with van der Waals surface area (Å²) in [6, 6.07) is 18.5. The lowest BCUT2D eigenvalue weighted by Gasteiger charge is -2.30. The molecule has 0 aliphatic heterocycles. The fraction of sp³-hybridized carbons (Fsp3) is 0.550. The highest BCUT2D eigenvalue weighted by molar-refractivity contribution is 5.89. The van der Waals surface area contributed by atoms with Crippen LogP contribution in [0.1, 0.15) is 114 Å². The van der Waals surface area contributed by atoms with Gasteiger partial charge >= 0.3 is 11.9 Å². The van der Waals surface area contributed by atoms with Crippen LogP contribution in [0.25, 0.3) is 0 Å². The zero-order valence-corrected chi connectivity index (χ0v) is 28.2. The van der Waals surface area contributed by atoms with Crippen molar-refractivity contribution in [3.63, 3.8) is 0 Å². The highest BCUT2D eigenvalue weighted by Gasteiger charge is 2.27. The Morgan fingerprint density at radius 1 is 0.822 bits per heavy atom. The molecular formula is C40H56O5. The van der Waals surface area contributed by atoms with Crippen LogP contribution in [0.2, 0.25) is 0 Å². The van der Waals surface area contributed by atoms with Crippen LogP contribution in [0, 0.1) is 11.8 Å². The van der Waals surface area contributed by atoms with E-state index < -0.39 is 17.5 Å². The van der Waals surface area contributed by atoms with Crippen molar-refractivity contribution in [1.29, 1.82) is 0 Å². The summed E-state index contributed by atoms with van der Waals surface area (Å²) >= 11 is 0. The summed E-state index contributed by atoms with van der Waals surface area (Å²) in [6.45, 7) is 14.5. The van der Waals surface area contributed by atoms with E-state index in [1.165, 1.54) is 74.6 Å². The summed E-state index contributed by atoms with van der Waals surface area (Å²) in [4.78, 5) is 24.4. The Labute approximate surface area is 272 Å². The van der Waals surface area contributed by atoms with Gasteiger partial charge in [-0.1, -0.05) is 81.5 Å². The molecule has 2 aromatic carbocycles. The Morgan fingerprint density at radius 3 is 1.84 bits per heavy atom. The Morgan fingerprint density at radius 2 is 1.33 bits per heavy atom. The minimum atomic E-state index is -1.35. The molecule has 1 aliphatic rings. The SMILES string of the molecule is C=C(C)C(=O)OCC(CCC1CCC(c2ccc(CCc3ccc(CCCCC)cc3)cc2)CC1)COC(=O)C(=C)C(C)(C)O. The Hall–Kier alpha value is -3.18. The normalized spacial score (nSPS) is 17.4. The number of carbonyl (C=O) groups excluding carboxylic acids is 2. The molecule has 0 radical (unpaired) electrons. The first-order chi connectivity index (χ1) is 21.5. The third-order valence-corrected chi connectivity index (χ3v) is 9.31. The predicted octanol–water partition coefficient (Wildman–Crippen LogP) is 8.86. The maximum atomic E-state index is 12.4. The molecule has 1 aliphatic carbocycles. The van der Waals surface area contributed by atoms with Crippen molar-refractivity contribution in [2.24, 2.45) is 11.8 Å². The van der Waals surface area contributed by atoms with E-state index >= 15 is 0 Å². The third kappa shape index (κ3) is 12.6. The summed E-state index contributed by atoms with van der Waals surface area (Å²) in [5.41, 5.74) is 4.70. The molecular weight excluding hydrogens is 560 g/mol. The van der Waals surface area contributed by atoms with E-state index in [0.717, 1.165) is 38.5 Å². The van der Waals surface area contributed by atoms with Crippen molar-refractivity contribution >= 4 is 11.9 Å². The second-order valence-corrected chi connectivity index (χ2v) is 13.7. The molecule has 0 saturated heterocycles. The van der Waals surface area contributed by atoms with Gasteiger partial charge in [0.15, 0.2) is 0 Å². The summed E-state index contributed by atoms with van der Waals surface area (Å²) in [5.74, 6) is 0.000114. The minimum absolute atomic E-state index is 0.00864. The molecule has 0 spiro atoms. The molecule has 1 saturated carbocycles. The number of rotatable bonds is 18. The first kappa shape index (κ1) is 36.3. The fourth-order valence-corrected chi connectivity index (χ4v) is 6.01. The van der Waals surface area contributed by atoms with Gasteiger partial charge < -0.3 is 14.6 Å². The number of hydrogen-bond acceptors (Lipinski definition) is 5. The van der Waals surface area contributed by atoms with Crippen LogP contribution >= 0.6 is 0 Å². The number of benzene rings is 2. The number of unbranched alkanes of at least 4 members (excludes halogenated alkanes) is 2. The molecule has 2 aromatic rings. The molecule has 0 aromatic heterocycles. The molecule has 5 nitrogen and oxygen atoms in total. The number of esters is 2. The summed E-state index contributed by atoms with van der Waals surface area (Å²) in [7, 11) is 0. The van der Waals surface area contributed by atoms with E-state index in [-0.39, 0.29) is 24.7 Å². The molecule has 1 unspecified atom stereocenters. The Bertz CT molecular complexity index is 1230. The number of aliphatic hydroxyl groups is 1. The zero-order valence-electron chi connectivity index (χ0n) is 28.2. The lowest BCUT2D eigenvalue weighted by Crippen LogP contribution is -2.30. The Balaban J connectivity index is 1.43. The van der Waals surface area contributed by atoms with Gasteiger partial charge in [-0.25, -0.2) is 9.59 Å². The molecule has 1 atom stereocenters. The Kier molecular flexibility index (Phi) is 14.6. The first-order valence-electron chi connectivity index (χ1n) is 17.0. The van der Waals surface area contributed by atoms with Crippen LogP contribution in [0.5, 0.6) is 0 Å². The van der Waals surface area contributed by atoms with E-state index in [9.17, 15) is 14.7 Å². The molecule has 0 heterocycles. The molecule has 246 valence electrons. The second-order valence-electron chi connectivity index (χ2n) is 13.7. The molecule has 1 N–H and O–H groups in total. The van der Waals surface area contributed by atoms with Crippen LogP contribution in [-0.2, 0) is 38.3 Å². The van der Waals surface area contributed by atoms with Gasteiger partial charge in [0.05, 0.1) is 24.4 Å². The van der Waals surface area contributed by atoms with Crippen molar-refractivity contribution < 1.29 is 24.2 Å². The van der Waals surface area contributed by atoms with E-state index in [0.29, 0.717) is 17.4 Å². The topological polar surface area (TPSA) is 72.8 Å². The lowest BCUT2D eigenvalue weighted by atomic mass is 9.76. The summed E-state index contributed by atoms with van der Waals surface area (Å²) in [5, 5.41) is 10.1. The highest BCUT2D eigenvalue weighted by atomic mass is 16.5. The second kappa shape index (κ2) is 18.1. The first-order valence-corrected chi connectivity index (χ1v) is 17.0. The standard InChI is InChI=1S/C40H56O5/c1-7-8-9-10-31-11-13-32(14-12-31)15-16-33-19-23-36(24-20-33)37-25-21-34(22-26-37)17-18-35(27-44-38(41)29(2)3)28-45-39(42)30(4)40(5,6)43/h11-14,19-20,23-24,34-35,37,43H,2,4,7-10,15-18,21-22,25-28H2,1,3,5-6H3. The van der Waals surface area contributed by atoms with Crippen LogP contribution in [0.4, 0.5) is 0 Å². The zero-order chi connectivity index (χ0) is 32.8. The average Bonchev–Trinajstić information content (AvgIpc) is 3.03. The molecule has 0 amide bonds. The van der Waals surface area contributed by atoms with E-state index in [4.69, 9.17) is 9.47 Å². The van der Waals surface area contributed by atoms with Gasteiger partial charge in [-0.15, -0.1) is 0 Å². The van der Waals surface area contributed by atoms with Crippen molar-refractivity contribution in [1.82, 2.24) is 0 Å². The van der Waals surface area contributed by atoms with Gasteiger partial charge in [-0.05, 0) is 119 Å². The van der Waals surface area contributed by atoms with Crippen LogP contribution in [0.15, 0.2) is 72.8 Å². The number of hydrogen-bond donors (Lipinski definition) is 1. The predicted molar refractivity (Wildman–Crippen MR) is 183 cm³/mol. The third-order valence-electron chi connectivity index (χ3n) is 9.31. The number of ether oxygens (including phenoxy) is 2. The molecule has 1 fully saturated rings. The smallest absolute Gasteiger partial charge is 0.336 e. The van der Waals surface area contributed by atoms with E-state index in [1.54, 1.807) is 6.92 Å². The summed E-state index contributed by atoms with van der Waals surface area (Å²) < 4.78 is 10.9. The molecule has 0 bridgehead atoms. The van der Waals surface area contributed by atoms with Gasteiger partial charge in [0.25, 0.3) is 0 Å². The average molecular weight is 617 g/mol. The van der Waals surface area contributed by atoms with Crippen molar-refractivity contribution in [2.45, 2.75) is 116 Å².